The van der Waals surface area contributed by atoms with Crippen molar-refractivity contribution in [2.45, 2.75) is 32.1 Å². The number of esters is 1. The lowest BCUT2D eigenvalue weighted by atomic mass is 9.83. The number of carbonyl (C=O) groups excluding carboxylic acids is 1. The number of hydrogen-bond donors (Lipinski definition) is 1. The maximum Gasteiger partial charge on any atom is 0.337 e. The van der Waals surface area contributed by atoms with Crippen LogP contribution in [-0.2, 0) is 9.53 Å². The highest BCUT2D eigenvalue weighted by Gasteiger charge is 2.27. The lowest BCUT2D eigenvalue weighted by Crippen LogP contribution is -2.17. The second-order valence-electron chi connectivity index (χ2n) is 4.50. The van der Waals surface area contributed by atoms with Gasteiger partial charge in [-0.25, -0.2) is 4.79 Å². The predicted octanol–water partition coefficient (Wildman–Crippen LogP) is 3.33. The SMILES string of the molecule is CCOC(=O)C1=C(O)CCC(c2ccccc2)C1. The number of aliphatic hydroxyl groups is 1. The molecule has 18 heavy (non-hydrogen) atoms. The van der Waals surface area contributed by atoms with Gasteiger partial charge in [-0.15, -0.1) is 0 Å². The van der Waals surface area contributed by atoms with E-state index in [1.165, 1.54) is 5.56 Å². The number of rotatable bonds is 3. The standard InChI is InChI=1S/C15H18O3/c1-2-18-15(17)13-10-12(8-9-14(13)16)11-6-4-3-5-7-11/h3-7,12,16H,2,8-10H2,1H3. The number of carbonyl (C=O) groups is 1. The molecule has 1 aliphatic rings. The minimum absolute atomic E-state index is 0.195. The van der Waals surface area contributed by atoms with Crippen LogP contribution in [0.25, 0.3) is 0 Å². The maximum absolute atomic E-state index is 11.7. The van der Waals surface area contributed by atoms with Gasteiger partial charge in [-0.3, -0.25) is 0 Å². The second kappa shape index (κ2) is 5.71. The average Bonchev–Trinajstić information content (AvgIpc) is 2.40. The van der Waals surface area contributed by atoms with Crippen molar-refractivity contribution in [3.63, 3.8) is 0 Å². The number of ether oxygens (including phenoxy) is 1. The summed E-state index contributed by atoms with van der Waals surface area (Å²) in [6.07, 6.45) is 1.99. The van der Waals surface area contributed by atoms with Gasteiger partial charge < -0.3 is 9.84 Å². The van der Waals surface area contributed by atoms with E-state index >= 15 is 0 Å². The van der Waals surface area contributed by atoms with E-state index in [2.05, 4.69) is 12.1 Å². The number of aliphatic hydroxyl groups excluding tert-OH is 1. The lowest BCUT2D eigenvalue weighted by molar-refractivity contribution is -0.139. The first kappa shape index (κ1) is 12.7. The zero-order valence-corrected chi connectivity index (χ0v) is 10.6. The van der Waals surface area contributed by atoms with Crippen molar-refractivity contribution in [1.82, 2.24) is 0 Å². The minimum Gasteiger partial charge on any atom is -0.512 e. The Morgan fingerprint density at radius 3 is 2.78 bits per heavy atom. The Hall–Kier alpha value is -1.77. The van der Waals surface area contributed by atoms with Crippen LogP contribution in [-0.4, -0.2) is 17.7 Å². The molecule has 96 valence electrons. The van der Waals surface area contributed by atoms with Crippen LogP contribution in [0.2, 0.25) is 0 Å². The fraction of sp³-hybridized carbons (Fsp3) is 0.400. The summed E-state index contributed by atoms with van der Waals surface area (Å²) in [6.45, 7) is 2.11. The van der Waals surface area contributed by atoms with Gasteiger partial charge in [0.25, 0.3) is 0 Å². The van der Waals surface area contributed by atoms with Crippen LogP contribution in [0, 0.1) is 0 Å². The Morgan fingerprint density at radius 1 is 1.39 bits per heavy atom. The molecule has 1 atom stereocenters. The molecule has 0 saturated heterocycles. The molecule has 0 aliphatic heterocycles. The maximum atomic E-state index is 11.7. The van der Waals surface area contributed by atoms with Crippen molar-refractivity contribution < 1.29 is 14.6 Å². The Labute approximate surface area is 107 Å². The number of allylic oxidation sites excluding steroid dienone is 1. The van der Waals surface area contributed by atoms with E-state index in [9.17, 15) is 9.90 Å². The molecule has 0 amide bonds. The fourth-order valence-corrected chi connectivity index (χ4v) is 2.36. The van der Waals surface area contributed by atoms with Gasteiger partial charge >= 0.3 is 5.97 Å². The molecule has 1 aromatic rings. The third-order valence-corrected chi connectivity index (χ3v) is 3.32. The molecule has 3 heteroatoms. The van der Waals surface area contributed by atoms with Crippen molar-refractivity contribution in [3.05, 3.63) is 47.2 Å². The van der Waals surface area contributed by atoms with Crippen LogP contribution in [0.1, 0.15) is 37.7 Å². The minimum atomic E-state index is -0.379. The predicted molar refractivity (Wildman–Crippen MR) is 69.3 cm³/mol. The molecule has 0 fully saturated rings. The molecule has 0 bridgehead atoms. The van der Waals surface area contributed by atoms with E-state index in [1.54, 1.807) is 6.92 Å². The Kier molecular flexibility index (Phi) is 4.03. The smallest absolute Gasteiger partial charge is 0.337 e. The van der Waals surface area contributed by atoms with E-state index in [1.807, 2.05) is 18.2 Å². The molecule has 1 unspecified atom stereocenters. The first-order chi connectivity index (χ1) is 8.72. The third kappa shape index (κ3) is 2.73. The molecule has 0 spiro atoms. The number of benzene rings is 1. The van der Waals surface area contributed by atoms with Crippen molar-refractivity contribution in [1.29, 1.82) is 0 Å². The third-order valence-electron chi connectivity index (χ3n) is 3.32. The molecule has 0 aromatic heterocycles. The van der Waals surface area contributed by atoms with Crippen molar-refractivity contribution in [2.24, 2.45) is 0 Å². The van der Waals surface area contributed by atoms with Crippen LogP contribution >= 0.6 is 0 Å². The molecule has 3 nitrogen and oxygen atoms in total. The zero-order chi connectivity index (χ0) is 13.0. The Bertz CT molecular complexity index is 448. The fourth-order valence-electron chi connectivity index (χ4n) is 2.36. The molecule has 1 N–H and O–H groups in total. The summed E-state index contributed by atoms with van der Waals surface area (Å²) >= 11 is 0. The summed E-state index contributed by atoms with van der Waals surface area (Å²) in [6, 6.07) is 10.1. The van der Waals surface area contributed by atoms with Gasteiger partial charge in [0.1, 0.15) is 5.76 Å². The molecule has 1 aromatic carbocycles. The van der Waals surface area contributed by atoms with Crippen LogP contribution in [0.4, 0.5) is 0 Å². The molecular formula is C15H18O3. The summed E-state index contributed by atoms with van der Waals surface area (Å²) in [5.74, 6) is 0.109. The average molecular weight is 246 g/mol. The Morgan fingerprint density at radius 2 is 2.11 bits per heavy atom. The van der Waals surface area contributed by atoms with Crippen LogP contribution in [0.3, 0.4) is 0 Å². The topological polar surface area (TPSA) is 46.5 Å². The highest BCUT2D eigenvalue weighted by molar-refractivity contribution is 5.89. The Balaban J connectivity index is 2.15. The molecule has 0 saturated carbocycles. The zero-order valence-electron chi connectivity index (χ0n) is 10.6. The molecule has 0 radical (unpaired) electrons. The van der Waals surface area contributed by atoms with Gasteiger partial charge in [-0.1, -0.05) is 30.3 Å². The van der Waals surface area contributed by atoms with Gasteiger partial charge in [0.15, 0.2) is 0 Å². The van der Waals surface area contributed by atoms with Crippen molar-refractivity contribution in [2.75, 3.05) is 6.61 Å². The summed E-state index contributed by atoms with van der Waals surface area (Å²) < 4.78 is 4.98. The van der Waals surface area contributed by atoms with Crippen LogP contribution in [0.15, 0.2) is 41.7 Å². The first-order valence-electron chi connectivity index (χ1n) is 6.35. The largest absolute Gasteiger partial charge is 0.512 e. The van der Waals surface area contributed by atoms with Crippen LogP contribution < -0.4 is 0 Å². The molecular weight excluding hydrogens is 228 g/mol. The summed E-state index contributed by atoms with van der Waals surface area (Å²) in [5.41, 5.74) is 1.66. The summed E-state index contributed by atoms with van der Waals surface area (Å²) in [4.78, 5) is 11.7. The normalized spacial score (nSPS) is 19.7. The van der Waals surface area contributed by atoms with Gasteiger partial charge in [-0.2, -0.15) is 0 Å². The quantitative estimate of drug-likeness (QED) is 0.832. The molecule has 1 aliphatic carbocycles. The monoisotopic (exact) mass is 246 g/mol. The van der Waals surface area contributed by atoms with E-state index in [0.29, 0.717) is 30.9 Å². The lowest BCUT2D eigenvalue weighted by Gasteiger charge is -2.24. The van der Waals surface area contributed by atoms with Gasteiger partial charge in [0.05, 0.1) is 12.2 Å². The summed E-state index contributed by atoms with van der Waals surface area (Å²) in [7, 11) is 0. The van der Waals surface area contributed by atoms with Gasteiger partial charge in [0.2, 0.25) is 0 Å². The van der Waals surface area contributed by atoms with E-state index in [0.717, 1.165) is 6.42 Å². The van der Waals surface area contributed by atoms with E-state index < -0.39 is 0 Å². The molecule has 0 heterocycles. The van der Waals surface area contributed by atoms with E-state index in [4.69, 9.17) is 4.74 Å². The van der Waals surface area contributed by atoms with Gasteiger partial charge in [-0.05, 0) is 31.2 Å². The van der Waals surface area contributed by atoms with Crippen molar-refractivity contribution in [3.8, 4) is 0 Å². The second-order valence-corrected chi connectivity index (χ2v) is 4.50. The van der Waals surface area contributed by atoms with Crippen LogP contribution in [0.5, 0.6) is 0 Å². The highest BCUT2D eigenvalue weighted by Crippen LogP contribution is 2.35. The highest BCUT2D eigenvalue weighted by atomic mass is 16.5. The van der Waals surface area contributed by atoms with E-state index in [-0.39, 0.29) is 11.7 Å². The number of hydrogen-bond acceptors (Lipinski definition) is 3. The van der Waals surface area contributed by atoms with Crippen molar-refractivity contribution >= 4 is 5.97 Å². The first-order valence-corrected chi connectivity index (χ1v) is 6.35. The van der Waals surface area contributed by atoms with Gasteiger partial charge in [0, 0.05) is 6.42 Å². The molecule has 2 rings (SSSR count). The summed E-state index contributed by atoms with van der Waals surface area (Å²) in [5, 5.41) is 9.81.